The van der Waals surface area contributed by atoms with E-state index in [1.165, 1.54) is 32.2 Å². The fourth-order valence-corrected chi connectivity index (χ4v) is 6.10. The monoisotopic (exact) mass is 638 g/mol. The molecule has 0 bridgehead atoms. The Bertz CT molecular complexity index is 1630. The Morgan fingerprint density at radius 1 is 1.13 bits per heavy atom. The van der Waals surface area contributed by atoms with Crippen LogP contribution in [0.5, 0.6) is 5.75 Å². The van der Waals surface area contributed by atoms with Gasteiger partial charge in [-0.05, 0) is 53.8 Å². The van der Waals surface area contributed by atoms with Gasteiger partial charge in [0.15, 0.2) is 0 Å². The molecule has 0 aromatic heterocycles. The van der Waals surface area contributed by atoms with E-state index in [2.05, 4.69) is 10.6 Å². The summed E-state index contributed by atoms with van der Waals surface area (Å²) in [6.45, 7) is 2.81. The van der Waals surface area contributed by atoms with Gasteiger partial charge in [-0.25, -0.2) is 9.18 Å². The number of carbonyl (C=O) groups excluding carboxylic acids is 3. The number of imide groups is 1. The molecular formula is C33H36ClFN4O6. The maximum absolute atomic E-state index is 15.6. The Kier molecular flexibility index (Phi) is 9.73. The molecule has 2 saturated heterocycles. The van der Waals surface area contributed by atoms with Gasteiger partial charge in [-0.3, -0.25) is 14.5 Å². The van der Waals surface area contributed by atoms with Crippen LogP contribution in [0.2, 0.25) is 5.02 Å². The zero-order chi connectivity index (χ0) is 32.4. The van der Waals surface area contributed by atoms with Gasteiger partial charge in [0.25, 0.3) is 0 Å². The van der Waals surface area contributed by atoms with Crippen molar-refractivity contribution in [3.05, 3.63) is 70.5 Å². The first kappa shape index (κ1) is 32.4. The Hall–Kier alpha value is -4.03. The molecule has 2 aliphatic heterocycles. The average Bonchev–Trinajstić information content (AvgIpc) is 3.02. The van der Waals surface area contributed by atoms with Crippen molar-refractivity contribution in [1.29, 1.82) is 0 Å². The summed E-state index contributed by atoms with van der Waals surface area (Å²) in [5.74, 6) is -2.30. The number of aliphatic hydroxyl groups is 1. The number of hydrogen-bond donors (Lipinski definition) is 3. The molecule has 3 N–H and O–H groups in total. The second-order valence-corrected chi connectivity index (χ2v) is 11.7. The number of carbonyl (C=O) groups is 3. The molecule has 2 fully saturated rings. The molecule has 5 rings (SSSR count). The van der Waals surface area contributed by atoms with Crippen molar-refractivity contribution in [2.75, 3.05) is 46.3 Å². The summed E-state index contributed by atoms with van der Waals surface area (Å²) in [6, 6.07) is 13.4. The highest BCUT2D eigenvalue weighted by Crippen LogP contribution is 2.40. The van der Waals surface area contributed by atoms with Gasteiger partial charge in [0.1, 0.15) is 17.5 Å². The maximum Gasteiger partial charge on any atom is 0.326 e. The average molecular weight is 639 g/mol. The fourth-order valence-electron chi connectivity index (χ4n) is 5.82. The first-order chi connectivity index (χ1) is 21.5. The molecule has 3 aromatic rings. The van der Waals surface area contributed by atoms with Crippen LogP contribution in [0.15, 0.2) is 48.5 Å². The summed E-state index contributed by atoms with van der Waals surface area (Å²) >= 11 is 6.83. The Balaban J connectivity index is 1.41. The molecule has 1 unspecified atom stereocenters. The van der Waals surface area contributed by atoms with E-state index < -0.39 is 35.7 Å². The number of hydrogen-bond acceptors (Lipinski definition) is 7. The number of nitrogens with zero attached hydrogens (tertiary/aromatic N) is 2. The van der Waals surface area contributed by atoms with Crippen LogP contribution in [0.4, 0.5) is 14.9 Å². The summed E-state index contributed by atoms with van der Waals surface area (Å²) in [5, 5.41) is 16.4. The number of halogens is 2. The van der Waals surface area contributed by atoms with E-state index in [1.54, 1.807) is 18.2 Å². The Morgan fingerprint density at radius 3 is 2.58 bits per heavy atom. The van der Waals surface area contributed by atoms with Crippen LogP contribution in [-0.2, 0) is 20.9 Å². The predicted octanol–water partition coefficient (Wildman–Crippen LogP) is 4.45. The zero-order valence-corrected chi connectivity index (χ0v) is 26.3. The Labute approximate surface area is 266 Å². The third-order valence-corrected chi connectivity index (χ3v) is 8.86. The molecule has 3 aromatic carbocycles. The van der Waals surface area contributed by atoms with Gasteiger partial charge in [0, 0.05) is 51.0 Å². The lowest BCUT2D eigenvalue weighted by Crippen LogP contribution is -2.56. The molecule has 2 aliphatic rings. The van der Waals surface area contributed by atoms with Crippen LogP contribution in [0.25, 0.3) is 22.3 Å². The van der Waals surface area contributed by atoms with Gasteiger partial charge in [-0.15, -0.1) is 0 Å². The molecule has 0 radical (unpaired) electrons. The summed E-state index contributed by atoms with van der Waals surface area (Å²) < 4.78 is 26.4. The molecule has 3 atom stereocenters. The molecule has 0 aliphatic carbocycles. The van der Waals surface area contributed by atoms with E-state index in [-0.39, 0.29) is 30.8 Å². The van der Waals surface area contributed by atoms with E-state index in [1.807, 2.05) is 31.2 Å². The summed E-state index contributed by atoms with van der Waals surface area (Å²) in [7, 11) is 4.36. The topological polar surface area (TPSA) is 120 Å². The molecule has 45 heavy (non-hydrogen) atoms. The van der Waals surface area contributed by atoms with E-state index in [4.69, 9.17) is 21.1 Å². The van der Waals surface area contributed by atoms with Crippen molar-refractivity contribution in [2.24, 2.45) is 5.92 Å². The largest absolute Gasteiger partial charge is 0.496 e. The quantitative estimate of drug-likeness (QED) is 0.312. The van der Waals surface area contributed by atoms with E-state index in [9.17, 15) is 19.5 Å². The van der Waals surface area contributed by atoms with Gasteiger partial charge in [0.05, 0.1) is 30.5 Å². The van der Waals surface area contributed by atoms with Crippen molar-refractivity contribution in [3.63, 3.8) is 0 Å². The minimum atomic E-state index is -1.08. The number of urea groups is 1. The third-order valence-electron chi connectivity index (χ3n) is 8.45. The molecule has 238 valence electrons. The first-order valence-corrected chi connectivity index (χ1v) is 15.0. The van der Waals surface area contributed by atoms with Crippen molar-refractivity contribution >= 4 is 35.1 Å². The standard InChI is InChI=1S/C33H36ClFN4O6/c1-18-20(19-13-25(35)23(29(14-19)44-4)15-36-26-11-12-45-17-28(26)40)7-5-8-21(18)22-9-6-10-27(30(22)34)37-31(41)24-16-38(2)33(43)39(3)32(24)42/h5-10,13-14,24,26,28,36,40H,11-12,15-17H2,1-4H3,(H,37,41)/t24?,26-,28-/m1/s1. The van der Waals surface area contributed by atoms with Crippen LogP contribution in [0.3, 0.4) is 0 Å². The predicted molar refractivity (Wildman–Crippen MR) is 169 cm³/mol. The first-order valence-electron chi connectivity index (χ1n) is 14.6. The third kappa shape index (κ3) is 6.53. The number of methoxy groups -OCH3 is 1. The number of anilines is 1. The molecule has 0 saturated carbocycles. The van der Waals surface area contributed by atoms with E-state index >= 15 is 4.39 Å². The van der Waals surface area contributed by atoms with Crippen LogP contribution >= 0.6 is 11.6 Å². The lowest BCUT2D eigenvalue weighted by Gasteiger charge is -2.33. The van der Waals surface area contributed by atoms with E-state index in [0.29, 0.717) is 41.2 Å². The molecule has 0 spiro atoms. The summed E-state index contributed by atoms with van der Waals surface area (Å²) in [5.41, 5.74) is 4.28. The minimum absolute atomic E-state index is 0.0430. The van der Waals surface area contributed by atoms with Gasteiger partial charge < -0.3 is 30.1 Å². The number of benzene rings is 3. The number of amides is 4. The van der Waals surface area contributed by atoms with Crippen molar-refractivity contribution in [3.8, 4) is 28.0 Å². The molecular weight excluding hydrogens is 603 g/mol. The maximum atomic E-state index is 15.6. The smallest absolute Gasteiger partial charge is 0.326 e. The highest BCUT2D eigenvalue weighted by molar-refractivity contribution is 6.36. The number of nitrogens with one attached hydrogen (secondary N) is 2. The highest BCUT2D eigenvalue weighted by Gasteiger charge is 2.39. The highest BCUT2D eigenvalue weighted by atomic mass is 35.5. The fraction of sp³-hybridized carbons (Fsp3) is 0.364. The SMILES string of the molecule is COc1cc(-c2cccc(-c3cccc(NC(=O)C4CN(C)C(=O)N(C)C4=O)c3Cl)c2C)cc(F)c1CN[C@@H]1CCOC[C@H]1O. The van der Waals surface area contributed by atoms with Crippen LogP contribution in [-0.4, -0.2) is 85.9 Å². The summed E-state index contributed by atoms with van der Waals surface area (Å²) in [4.78, 5) is 40.1. The van der Waals surface area contributed by atoms with Gasteiger partial charge in [0.2, 0.25) is 11.8 Å². The number of ether oxygens (including phenoxy) is 2. The number of rotatable bonds is 8. The van der Waals surface area contributed by atoms with Crippen molar-refractivity contribution in [1.82, 2.24) is 15.1 Å². The van der Waals surface area contributed by atoms with Gasteiger partial charge in [-0.1, -0.05) is 41.9 Å². The molecule has 10 nitrogen and oxygen atoms in total. The van der Waals surface area contributed by atoms with Crippen LogP contribution < -0.4 is 15.4 Å². The Morgan fingerprint density at radius 2 is 1.84 bits per heavy atom. The van der Waals surface area contributed by atoms with Gasteiger partial charge in [-0.2, -0.15) is 0 Å². The van der Waals surface area contributed by atoms with Crippen molar-refractivity contribution < 1.29 is 33.4 Å². The molecule has 12 heteroatoms. The second kappa shape index (κ2) is 13.5. The molecule has 4 amide bonds. The van der Waals surface area contributed by atoms with Crippen LogP contribution in [0.1, 0.15) is 17.5 Å². The zero-order valence-electron chi connectivity index (χ0n) is 25.5. The van der Waals surface area contributed by atoms with E-state index in [0.717, 1.165) is 21.6 Å². The minimum Gasteiger partial charge on any atom is -0.496 e. The summed E-state index contributed by atoms with van der Waals surface area (Å²) in [6.07, 6.45) is -0.0447. The van der Waals surface area contributed by atoms with Crippen LogP contribution in [0, 0.1) is 18.7 Å². The van der Waals surface area contributed by atoms with Crippen molar-refractivity contribution in [2.45, 2.75) is 32.0 Å². The molecule has 2 heterocycles. The normalized spacial score (nSPS) is 20.4. The second-order valence-electron chi connectivity index (χ2n) is 11.3. The lowest BCUT2D eigenvalue weighted by molar-refractivity contribution is -0.140. The number of aliphatic hydroxyl groups excluding tert-OH is 1. The lowest BCUT2D eigenvalue weighted by atomic mass is 9.91. The van der Waals surface area contributed by atoms with Gasteiger partial charge >= 0.3 is 6.03 Å².